The van der Waals surface area contributed by atoms with E-state index in [0.717, 1.165) is 28.7 Å². The van der Waals surface area contributed by atoms with Gasteiger partial charge in [-0.15, -0.1) is 0 Å². The Morgan fingerprint density at radius 3 is 2.60 bits per heavy atom. The summed E-state index contributed by atoms with van der Waals surface area (Å²) in [5.74, 6) is -1.52. The molecule has 1 aromatic heterocycles. The fourth-order valence-corrected chi connectivity index (χ4v) is 3.58. The van der Waals surface area contributed by atoms with Gasteiger partial charge in [0.15, 0.2) is 0 Å². The third-order valence-electron chi connectivity index (χ3n) is 3.84. The maximum atomic E-state index is 11.7. The number of rotatable bonds is 3. The highest BCUT2D eigenvalue weighted by atomic mass is 35.5. The number of amides is 2. The van der Waals surface area contributed by atoms with Gasteiger partial charge in [-0.2, -0.15) is 0 Å². The van der Waals surface area contributed by atoms with Gasteiger partial charge < -0.3 is 9.67 Å². The molecule has 1 saturated heterocycles. The lowest BCUT2D eigenvalue weighted by Crippen LogP contribution is -2.17. The minimum Gasteiger partial charge on any atom is -0.478 e. The number of carboxylic acid groups (broad SMARTS) is 1. The fourth-order valence-electron chi connectivity index (χ4n) is 2.71. The summed E-state index contributed by atoms with van der Waals surface area (Å²) in [5, 5.41) is 11.2. The van der Waals surface area contributed by atoms with Crippen LogP contribution in [0.4, 0.5) is 4.79 Å². The molecule has 2 N–H and O–H groups in total. The molecule has 0 spiro atoms. The molecular formula is C17H13ClN2O4S. The number of nitrogens with zero attached hydrogens (tertiary/aromatic N) is 1. The number of benzene rings is 1. The average Bonchev–Trinajstić information content (AvgIpc) is 2.99. The molecular weight excluding hydrogens is 364 g/mol. The van der Waals surface area contributed by atoms with Crippen LogP contribution in [0.5, 0.6) is 0 Å². The molecule has 6 nitrogen and oxygen atoms in total. The summed E-state index contributed by atoms with van der Waals surface area (Å²) in [4.78, 5) is 34.6. The number of aryl methyl sites for hydroxylation is 1. The molecule has 0 bridgehead atoms. The van der Waals surface area contributed by atoms with Gasteiger partial charge in [-0.05, 0) is 61.5 Å². The van der Waals surface area contributed by atoms with Gasteiger partial charge >= 0.3 is 5.97 Å². The maximum Gasteiger partial charge on any atom is 0.337 e. The third-order valence-corrected chi connectivity index (χ3v) is 4.98. The minimum absolute atomic E-state index is 0.0166. The zero-order valence-corrected chi connectivity index (χ0v) is 14.9. The Bertz CT molecular complexity index is 962. The number of nitrogens with one attached hydrogen (secondary N) is 1. The van der Waals surface area contributed by atoms with E-state index in [9.17, 15) is 19.5 Å². The molecule has 2 heterocycles. The van der Waals surface area contributed by atoms with E-state index in [1.807, 2.05) is 24.5 Å². The summed E-state index contributed by atoms with van der Waals surface area (Å²) in [5.41, 5.74) is 3.12. The maximum absolute atomic E-state index is 11.7. The summed E-state index contributed by atoms with van der Waals surface area (Å²) >= 11 is 6.78. The van der Waals surface area contributed by atoms with Gasteiger partial charge in [-0.3, -0.25) is 14.9 Å². The first-order valence-corrected chi connectivity index (χ1v) is 8.44. The molecule has 0 atom stereocenters. The summed E-state index contributed by atoms with van der Waals surface area (Å²) in [6.07, 6.45) is 1.65. The minimum atomic E-state index is -1.10. The Morgan fingerprint density at radius 2 is 2.00 bits per heavy atom. The molecule has 0 unspecified atom stereocenters. The monoisotopic (exact) mass is 376 g/mol. The topological polar surface area (TPSA) is 88.4 Å². The summed E-state index contributed by atoms with van der Waals surface area (Å²) in [6, 6.07) is 6.64. The number of carbonyl (C=O) groups excluding carboxylic acids is 2. The highest BCUT2D eigenvalue weighted by molar-refractivity contribution is 8.18. The van der Waals surface area contributed by atoms with Crippen LogP contribution in [0, 0.1) is 13.8 Å². The van der Waals surface area contributed by atoms with Crippen LogP contribution >= 0.6 is 23.4 Å². The number of aromatic nitrogens is 1. The van der Waals surface area contributed by atoms with Gasteiger partial charge in [0.05, 0.1) is 15.5 Å². The third kappa shape index (κ3) is 3.20. The average molecular weight is 377 g/mol. The van der Waals surface area contributed by atoms with Crippen LogP contribution in [0.2, 0.25) is 5.02 Å². The van der Waals surface area contributed by atoms with Crippen LogP contribution in [0.1, 0.15) is 27.3 Å². The Labute approximate surface area is 152 Å². The lowest BCUT2D eigenvalue weighted by molar-refractivity contribution is -0.115. The summed E-state index contributed by atoms with van der Waals surface area (Å²) in [6.45, 7) is 3.73. The van der Waals surface area contributed by atoms with Crippen molar-refractivity contribution in [3.63, 3.8) is 0 Å². The van der Waals surface area contributed by atoms with Crippen molar-refractivity contribution in [2.45, 2.75) is 13.8 Å². The van der Waals surface area contributed by atoms with E-state index < -0.39 is 17.1 Å². The zero-order valence-electron chi connectivity index (χ0n) is 13.3. The van der Waals surface area contributed by atoms with Crippen molar-refractivity contribution in [3.8, 4) is 5.69 Å². The highest BCUT2D eigenvalue weighted by Crippen LogP contribution is 2.30. The van der Waals surface area contributed by atoms with Crippen molar-refractivity contribution >= 4 is 46.6 Å². The molecule has 0 aliphatic carbocycles. The first kappa shape index (κ1) is 17.3. The number of imide groups is 1. The molecule has 1 aliphatic rings. The number of halogens is 1. The van der Waals surface area contributed by atoms with Crippen LogP contribution < -0.4 is 5.32 Å². The number of carbonyl (C=O) groups is 3. The van der Waals surface area contributed by atoms with Gasteiger partial charge in [0.1, 0.15) is 0 Å². The number of thioether (sulfide) groups is 1. The van der Waals surface area contributed by atoms with Gasteiger partial charge in [-0.25, -0.2) is 4.79 Å². The normalized spacial score (nSPS) is 15.7. The number of carboxylic acids is 1. The fraction of sp³-hybridized carbons (Fsp3) is 0.118. The molecule has 25 heavy (non-hydrogen) atoms. The second-order valence-corrected chi connectivity index (χ2v) is 6.91. The van der Waals surface area contributed by atoms with Crippen LogP contribution in [0.25, 0.3) is 11.8 Å². The smallest absolute Gasteiger partial charge is 0.337 e. The Balaban J connectivity index is 2.08. The second-order valence-electron chi connectivity index (χ2n) is 5.48. The standard InChI is InChI=1S/C17H13ClN2O4S/c1-8-5-10(6-14-15(21)19-17(24)25-14)9(2)20(8)11-3-4-13(18)12(7-11)16(22)23/h3-7H,1-2H3,(H,22,23)(H,19,21,24)/b14-6+. The summed E-state index contributed by atoms with van der Waals surface area (Å²) in [7, 11) is 0. The zero-order chi connectivity index (χ0) is 18.3. The molecule has 1 fully saturated rings. The number of aromatic carboxylic acids is 1. The molecule has 0 radical (unpaired) electrons. The van der Waals surface area contributed by atoms with E-state index in [2.05, 4.69) is 5.32 Å². The summed E-state index contributed by atoms with van der Waals surface area (Å²) < 4.78 is 1.87. The Hall–Kier alpha value is -2.51. The van der Waals surface area contributed by atoms with Gasteiger partial charge in [-0.1, -0.05) is 11.6 Å². The van der Waals surface area contributed by atoms with Crippen molar-refractivity contribution in [2.75, 3.05) is 0 Å². The quantitative estimate of drug-likeness (QED) is 0.796. The van der Waals surface area contributed by atoms with E-state index >= 15 is 0 Å². The predicted octanol–water partition coefficient (Wildman–Crippen LogP) is 3.77. The SMILES string of the molecule is Cc1cc(/C=C2/SC(=O)NC2=O)c(C)n1-c1ccc(Cl)c(C(=O)O)c1. The van der Waals surface area contributed by atoms with Crippen molar-refractivity contribution < 1.29 is 19.5 Å². The van der Waals surface area contributed by atoms with Crippen LogP contribution in [0.15, 0.2) is 29.2 Å². The largest absolute Gasteiger partial charge is 0.478 e. The van der Waals surface area contributed by atoms with Gasteiger partial charge in [0.2, 0.25) is 0 Å². The molecule has 1 aliphatic heterocycles. The molecule has 128 valence electrons. The Morgan fingerprint density at radius 1 is 1.28 bits per heavy atom. The molecule has 2 amide bonds. The van der Waals surface area contributed by atoms with Gasteiger partial charge in [0.25, 0.3) is 11.1 Å². The molecule has 2 aromatic rings. The van der Waals surface area contributed by atoms with Crippen LogP contribution in [0.3, 0.4) is 0 Å². The first-order valence-electron chi connectivity index (χ1n) is 7.25. The molecule has 1 aromatic carbocycles. The first-order chi connectivity index (χ1) is 11.8. The van der Waals surface area contributed by atoms with Crippen molar-refractivity contribution in [2.24, 2.45) is 0 Å². The predicted molar refractivity (Wildman–Crippen MR) is 96.3 cm³/mol. The van der Waals surface area contributed by atoms with E-state index in [0.29, 0.717) is 10.6 Å². The van der Waals surface area contributed by atoms with E-state index in [1.165, 1.54) is 12.1 Å². The highest BCUT2D eigenvalue weighted by Gasteiger charge is 2.25. The lowest BCUT2D eigenvalue weighted by atomic mass is 10.2. The molecule has 8 heteroatoms. The number of hydrogen-bond acceptors (Lipinski definition) is 4. The van der Waals surface area contributed by atoms with E-state index in [-0.39, 0.29) is 10.6 Å². The second kappa shape index (κ2) is 6.42. The van der Waals surface area contributed by atoms with Crippen LogP contribution in [-0.2, 0) is 4.79 Å². The van der Waals surface area contributed by atoms with E-state index in [4.69, 9.17) is 11.6 Å². The van der Waals surface area contributed by atoms with Crippen molar-refractivity contribution in [1.82, 2.24) is 9.88 Å². The lowest BCUT2D eigenvalue weighted by Gasteiger charge is -2.11. The van der Waals surface area contributed by atoms with E-state index in [1.54, 1.807) is 12.1 Å². The molecule has 3 rings (SSSR count). The van der Waals surface area contributed by atoms with Gasteiger partial charge in [0, 0.05) is 17.1 Å². The van der Waals surface area contributed by atoms with Crippen LogP contribution in [-0.4, -0.2) is 26.8 Å². The number of hydrogen-bond donors (Lipinski definition) is 2. The van der Waals surface area contributed by atoms with Crippen molar-refractivity contribution in [3.05, 3.63) is 56.7 Å². The van der Waals surface area contributed by atoms with Crippen molar-refractivity contribution in [1.29, 1.82) is 0 Å². The Kier molecular flexibility index (Phi) is 4.45. The molecule has 0 saturated carbocycles.